The Bertz CT molecular complexity index is 502. The third kappa shape index (κ3) is 5.37. The molecular formula is C17H27NO5. The minimum absolute atomic E-state index is 0.164. The SMILES string of the molecule is CC/C=C1/C(=O)CN(C(=O)OC(C)(C)C)[C@@H]1C(=O)OCC(C)C. The molecule has 1 fully saturated rings. The number of amides is 1. The van der Waals surface area contributed by atoms with E-state index in [0.717, 1.165) is 4.90 Å². The number of carbonyl (C=O) groups is 3. The van der Waals surface area contributed by atoms with E-state index in [-0.39, 0.29) is 24.9 Å². The highest BCUT2D eigenvalue weighted by molar-refractivity contribution is 6.09. The van der Waals surface area contributed by atoms with Crippen LogP contribution in [0.25, 0.3) is 0 Å². The summed E-state index contributed by atoms with van der Waals surface area (Å²) in [4.78, 5) is 38.0. The molecule has 0 aromatic carbocycles. The third-order valence-electron chi connectivity index (χ3n) is 3.08. The highest BCUT2D eigenvalue weighted by atomic mass is 16.6. The molecule has 1 aliphatic rings. The van der Waals surface area contributed by atoms with Gasteiger partial charge in [0.15, 0.2) is 11.8 Å². The summed E-state index contributed by atoms with van der Waals surface area (Å²) in [6.45, 7) is 11.0. The van der Waals surface area contributed by atoms with Gasteiger partial charge in [-0.15, -0.1) is 0 Å². The van der Waals surface area contributed by atoms with Crippen molar-refractivity contribution in [3.8, 4) is 0 Å². The fraction of sp³-hybridized carbons (Fsp3) is 0.706. The average molecular weight is 325 g/mol. The van der Waals surface area contributed by atoms with Crippen molar-refractivity contribution in [1.82, 2.24) is 4.90 Å². The van der Waals surface area contributed by atoms with Crippen molar-refractivity contribution < 1.29 is 23.9 Å². The lowest BCUT2D eigenvalue weighted by Crippen LogP contribution is -2.44. The first kappa shape index (κ1) is 19.2. The Morgan fingerprint density at radius 2 is 1.96 bits per heavy atom. The van der Waals surface area contributed by atoms with Gasteiger partial charge >= 0.3 is 12.1 Å². The Morgan fingerprint density at radius 1 is 1.35 bits per heavy atom. The molecule has 1 aliphatic heterocycles. The summed E-state index contributed by atoms with van der Waals surface area (Å²) in [5, 5.41) is 0. The molecule has 1 rings (SSSR count). The molecule has 0 aromatic heterocycles. The van der Waals surface area contributed by atoms with E-state index >= 15 is 0 Å². The lowest BCUT2D eigenvalue weighted by atomic mass is 10.1. The van der Waals surface area contributed by atoms with Gasteiger partial charge in [0.05, 0.1) is 13.2 Å². The number of ether oxygens (including phenoxy) is 2. The van der Waals surface area contributed by atoms with Crippen LogP contribution < -0.4 is 0 Å². The van der Waals surface area contributed by atoms with E-state index in [1.165, 1.54) is 0 Å². The first-order valence-electron chi connectivity index (χ1n) is 7.96. The predicted octanol–water partition coefficient (Wildman–Crippen LogP) is 2.71. The van der Waals surface area contributed by atoms with E-state index in [9.17, 15) is 14.4 Å². The van der Waals surface area contributed by atoms with Crippen LogP contribution in [0.1, 0.15) is 48.0 Å². The van der Waals surface area contributed by atoms with E-state index in [2.05, 4.69) is 0 Å². The Balaban J connectivity index is 3.03. The van der Waals surface area contributed by atoms with Crippen molar-refractivity contribution in [2.75, 3.05) is 13.2 Å². The first-order valence-corrected chi connectivity index (χ1v) is 7.96. The van der Waals surface area contributed by atoms with Crippen molar-refractivity contribution in [2.45, 2.75) is 59.6 Å². The molecule has 1 saturated heterocycles. The number of esters is 1. The molecular weight excluding hydrogens is 298 g/mol. The fourth-order valence-electron chi connectivity index (χ4n) is 2.18. The fourth-order valence-corrected chi connectivity index (χ4v) is 2.18. The second kappa shape index (κ2) is 7.62. The number of nitrogens with zero attached hydrogens (tertiary/aromatic N) is 1. The van der Waals surface area contributed by atoms with E-state index in [1.807, 2.05) is 20.8 Å². The molecule has 0 bridgehead atoms. The lowest BCUT2D eigenvalue weighted by Gasteiger charge is -2.27. The number of rotatable bonds is 4. The lowest BCUT2D eigenvalue weighted by molar-refractivity contribution is -0.148. The molecule has 0 aromatic rings. The third-order valence-corrected chi connectivity index (χ3v) is 3.08. The molecule has 0 radical (unpaired) electrons. The Hall–Kier alpha value is -1.85. The highest BCUT2D eigenvalue weighted by Gasteiger charge is 2.45. The van der Waals surface area contributed by atoms with Gasteiger partial charge < -0.3 is 9.47 Å². The number of hydrogen-bond acceptors (Lipinski definition) is 5. The average Bonchev–Trinajstić information content (AvgIpc) is 2.72. The quantitative estimate of drug-likeness (QED) is 0.587. The maximum atomic E-state index is 12.4. The van der Waals surface area contributed by atoms with Crippen LogP contribution in [0.3, 0.4) is 0 Å². The number of Topliss-reactive ketones (excluding diaryl/α,β-unsaturated/α-hetero) is 1. The molecule has 0 N–H and O–H groups in total. The Labute approximate surface area is 137 Å². The molecule has 0 unspecified atom stereocenters. The minimum Gasteiger partial charge on any atom is -0.464 e. The molecule has 130 valence electrons. The monoisotopic (exact) mass is 325 g/mol. The van der Waals surface area contributed by atoms with Gasteiger partial charge in [0.25, 0.3) is 0 Å². The number of ketones is 1. The Morgan fingerprint density at radius 3 is 2.43 bits per heavy atom. The Kier molecular flexibility index (Phi) is 6.36. The van der Waals surface area contributed by atoms with Gasteiger partial charge in [0.1, 0.15) is 5.60 Å². The van der Waals surface area contributed by atoms with Crippen molar-refractivity contribution in [3.63, 3.8) is 0 Å². The van der Waals surface area contributed by atoms with Crippen LogP contribution >= 0.6 is 0 Å². The van der Waals surface area contributed by atoms with Crippen LogP contribution in [0.15, 0.2) is 11.6 Å². The molecule has 1 amide bonds. The van der Waals surface area contributed by atoms with Gasteiger partial charge in [-0.2, -0.15) is 0 Å². The van der Waals surface area contributed by atoms with Crippen LogP contribution in [0.4, 0.5) is 4.79 Å². The maximum absolute atomic E-state index is 12.4. The van der Waals surface area contributed by atoms with Crippen LogP contribution in [0.5, 0.6) is 0 Å². The van der Waals surface area contributed by atoms with Crippen molar-refractivity contribution >= 4 is 17.8 Å². The van der Waals surface area contributed by atoms with Gasteiger partial charge in [0.2, 0.25) is 0 Å². The van der Waals surface area contributed by atoms with Crippen LogP contribution in [-0.4, -0.2) is 47.5 Å². The summed E-state index contributed by atoms with van der Waals surface area (Å²) in [6.07, 6.45) is 1.59. The zero-order valence-corrected chi connectivity index (χ0v) is 14.8. The second-order valence-electron chi connectivity index (χ2n) is 7.03. The van der Waals surface area contributed by atoms with Crippen molar-refractivity contribution in [2.24, 2.45) is 5.92 Å². The second-order valence-corrected chi connectivity index (χ2v) is 7.03. The van der Waals surface area contributed by atoms with Gasteiger partial charge in [-0.3, -0.25) is 9.69 Å². The first-order chi connectivity index (χ1) is 10.6. The van der Waals surface area contributed by atoms with E-state index in [0.29, 0.717) is 12.0 Å². The maximum Gasteiger partial charge on any atom is 0.411 e. The molecule has 23 heavy (non-hydrogen) atoms. The zero-order valence-electron chi connectivity index (χ0n) is 14.8. The summed E-state index contributed by atoms with van der Waals surface area (Å²) in [5.74, 6) is -0.663. The molecule has 6 nitrogen and oxygen atoms in total. The van der Waals surface area contributed by atoms with Crippen LogP contribution in [0, 0.1) is 5.92 Å². The van der Waals surface area contributed by atoms with Crippen molar-refractivity contribution in [1.29, 1.82) is 0 Å². The zero-order chi connectivity index (χ0) is 17.8. The summed E-state index contributed by atoms with van der Waals surface area (Å²) in [6, 6.07) is -1.02. The van der Waals surface area contributed by atoms with E-state index in [4.69, 9.17) is 9.47 Å². The summed E-state index contributed by atoms with van der Waals surface area (Å²) >= 11 is 0. The largest absolute Gasteiger partial charge is 0.464 e. The number of likely N-dealkylation sites (tertiary alicyclic amines) is 1. The van der Waals surface area contributed by atoms with Crippen molar-refractivity contribution in [3.05, 3.63) is 11.6 Å². The summed E-state index contributed by atoms with van der Waals surface area (Å²) < 4.78 is 10.5. The smallest absolute Gasteiger partial charge is 0.411 e. The van der Waals surface area contributed by atoms with Gasteiger partial charge in [-0.05, 0) is 33.1 Å². The molecule has 0 saturated carbocycles. The van der Waals surface area contributed by atoms with Gasteiger partial charge in [0, 0.05) is 5.57 Å². The minimum atomic E-state index is -1.02. The molecule has 0 aliphatic carbocycles. The number of carbonyl (C=O) groups excluding carboxylic acids is 3. The predicted molar refractivity (Wildman–Crippen MR) is 85.9 cm³/mol. The standard InChI is InChI=1S/C17H27NO5/c1-7-8-12-13(19)9-18(16(21)23-17(4,5)6)14(12)15(20)22-10-11(2)3/h8,11,14H,7,9-10H2,1-6H3/b12-8-/t14-/m0/s1. The number of hydrogen-bond donors (Lipinski definition) is 0. The highest BCUT2D eigenvalue weighted by Crippen LogP contribution is 2.25. The molecule has 6 heteroatoms. The van der Waals surface area contributed by atoms with E-state index < -0.39 is 23.7 Å². The van der Waals surface area contributed by atoms with Crippen LogP contribution in [-0.2, 0) is 19.1 Å². The number of allylic oxidation sites excluding steroid dienone is 1. The van der Waals surface area contributed by atoms with Gasteiger partial charge in [-0.1, -0.05) is 26.8 Å². The topological polar surface area (TPSA) is 72.9 Å². The van der Waals surface area contributed by atoms with E-state index in [1.54, 1.807) is 26.8 Å². The molecule has 1 atom stereocenters. The van der Waals surface area contributed by atoms with Crippen LogP contribution in [0.2, 0.25) is 0 Å². The normalized spacial score (nSPS) is 20.3. The molecule has 1 heterocycles. The summed E-state index contributed by atoms with van der Waals surface area (Å²) in [5.41, 5.74) is -0.392. The van der Waals surface area contributed by atoms with Gasteiger partial charge in [-0.25, -0.2) is 9.59 Å². The summed E-state index contributed by atoms with van der Waals surface area (Å²) in [7, 11) is 0. The molecule has 0 spiro atoms.